The highest BCUT2D eigenvalue weighted by atomic mass is 35.5. The van der Waals surface area contributed by atoms with E-state index in [1.54, 1.807) is 11.0 Å². The molecule has 4 rings (SSSR count). The average molecular weight is 401 g/mol. The monoisotopic (exact) mass is 400 g/mol. The summed E-state index contributed by atoms with van der Waals surface area (Å²) in [5, 5.41) is 3.15. The lowest BCUT2D eigenvalue weighted by Crippen LogP contribution is -2.48. The van der Waals surface area contributed by atoms with Gasteiger partial charge in [-0.25, -0.2) is 0 Å². The van der Waals surface area contributed by atoms with Crippen molar-refractivity contribution >= 4 is 35.1 Å². The van der Waals surface area contributed by atoms with Crippen LogP contribution in [0.1, 0.15) is 21.0 Å². The summed E-state index contributed by atoms with van der Waals surface area (Å²) < 4.78 is 10.2. The predicted molar refractivity (Wildman–Crippen MR) is 103 cm³/mol. The van der Waals surface area contributed by atoms with Gasteiger partial charge >= 0.3 is 6.01 Å². The zero-order valence-electron chi connectivity index (χ0n) is 14.8. The van der Waals surface area contributed by atoms with E-state index in [-0.39, 0.29) is 23.4 Å². The quantitative estimate of drug-likeness (QED) is 0.723. The number of rotatable bonds is 4. The van der Waals surface area contributed by atoms with Gasteiger partial charge in [0.15, 0.2) is 11.5 Å². The Hall–Kier alpha value is -3.26. The number of nitrogens with zero attached hydrogens (tertiary/aromatic N) is 3. The van der Waals surface area contributed by atoms with E-state index in [1.807, 2.05) is 24.3 Å². The number of halogens is 1. The molecule has 0 aliphatic carbocycles. The molecule has 1 fully saturated rings. The van der Waals surface area contributed by atoms with Gasteiger partial charge in [0.05, 0.1) is 6.26 Å². The fourth-order valence-corrected chi connectivity index (χ4v) is 3.10. The van der Waals surface area contributed by atoms with Crippen LogP contribution in [-0.2, 0) is 0 Å². The van der Waals surface area contributed by atoms with Gasteiger partial charge in [-0.2, -0.15) is 4.98 Å². The van der Waals surface area contributed by atoms with Crippen molar-refractivity contribution in [3.8, 4) is 0 Å². The van der Waals surface area contributed by atoms with Crippen LogP contribution < -0.4 is 10.2 Å². The van der Waals surface area contributed by atoms with E-state index in [0.717, 1.165) is 5.69 Å². The second kappa shape index (κ2) is 7.77. The summed E-state index contributed by atoms with van der Waals surface area (Å²) in [6.45, 7) is 2.52. The Morgan fingerprint density at radius 3 is 2.46 bits per heavy atom. The summed E-state index contributed by atoms with van der Waals surface area (Å²) in [7, 11) is 0. The van der Waals surface area contributed by atoms with Crippen molar-refractivity contribution in [2.24, 2.45) is 0 Å². The molecule has 8 nitrogen and oxygen atoms in total. The number of hydrogen-bond donors (Lipinski definition) is 1. The number of furan rings is 1. The Morgan fingerprint density at radius 2 is 1.79 bits per heavy atom. The maximum atomic E-state index is 12.7. The molecule has 3 heterocycles. The molecule has 1 aliphatic heterocycles. The molecule has 0 saturated carbocycles. The third kappa shape index (κ3) is 3.86. The van der Waals surface area contributed by atoms with Crippen LogP contribution in [0.25, 0.3) is 0 Å². The summed E-state index contributed by atoms with van der Waals surface area (Å²) in [4.78, 5) is 32.6. The van der Waals surface area contributed by atoms with Gasteiger partial charge < -0.3 is 18.6 Å². The Kier molecular flexibility index (Phi) is 5.03. The maximum absolute atomic E-state index is 12.7. The molecule has 28 heavy (non-hydrogen) atoms. The highest BCUT2D eigenvalue weighted by Crippen LogP contribution is 2.20. The van der Waals surface area contributed by atoms with E-state index in [2.05, 4.69) is 15.2 Å². The second-order valence-corrected chi connectivity index (χ2v) is 6.66. The Bertz CT molecular complexity index is 960. The fraction of sp³-hybridized carbons (Fsp3) is 0.211. The first-order chi connectivity index (χ1) is 13.6. The Morgan fingerprint density at radius 1 is 1.04 bits per heavy atom. The molecule has 1 aliphatic rings. The highest BCUT2D eigenvalue weighted by molar-refractivity contribution is 6.30. The normalized spacial score (nSPS) is 14.2. The lowest BCUT2D eigenvalue weighted by Gasteiger charge is -2.35. The molecule has 0 unspecified atom stereocenters. The molecule has 0 radical (unpaired) electrons. The number of aromatic nitrogens is 1. The van der Waals surface area contributed by atoms with Crippen molar-refractivity contribution in [1.82, 2.24) is 9.88 Å². The van der Waals surface area contributed by atoms with E-state index in [0.29, 0.717) is 31.2 Å². The van der Waals surface area contributed by atoms with Crippen molar-refractivity contribution in [3.05, 3.63) is 65.4 Å². The molecule has 9 heteroatoms. The molecule has 2 amide bonds. The standard InChI is InChI=1S/C19H17ClN4O4/c20-13-3-5-14(6-4-13)23-7-9-24(10-8-23)18(26)15-12-28-19(21-15)22-17(25)16-2-1-11-27-16/h1-6,11-12H,7-10H2,(H,21,22,25). The zero-order chi connectivity index (χ0) is 19.5. The van der Waals surface area contributed by atoms with Crippen LogP contribution in [-0.4, -0.2) is 47.9 Å². The van der Waals surface area contributed by atoms with E-state index in [1.165, 1.54) is 18.6 Å². The minimum Gasteiger partial charge on any atom is -0.459 e. The summed E-state index contributed by atoms with van der Waals surface area (Å²) >= 11 is 5.93. The number of oxazole rings is 1. The van der Waals surface area contributed by atoms with Gasteiger partial charge in [0, 0.05) is 36.9 Å². The van der Waals surface area contributed by atoms with Gasteiger partial charge in [0.2, 0.25) is 0 Å². The molecule has 1 N–H and O–H groups in total. The zero-order valence-corrected chi connectivity index (χ0v) is 15.6. The molecular formula is C19H17ClN4O4. The van der Waals surface area contributed by atoms with Crippen LogP contribution in [0.2, 0.25) is 5.02 Å². The highest BCUT2D eigenvalue weighted by Gasteiger charge is 2.25. The maximum Gasteiger partial charge on any atom is 0.302 e. The van der Waals surface area contributed by atoms with Gasteiger partial charge in [-0.3, -0.25) is 14.9 Å². The van der Waals surface area contributed by atoms with Gasteiger partial charge in [0.1, 0.15) is 6.26 Å². The van der Waals surface area contributed by atoms with Crippen LogP contribution in [0.4, 0.5) is 11.7 Å². The SMILES string of the molecule is O=C(Nc1nc(C(=O)N2CCN(c3ccc(Cl)cc3)CC2)co1)c1ccco1. The summed E-state index contributed by atoms with van der Waals surface area (Å²) in [6, 6.07) is 10.7. The van der Waals surface area contributed by atoms with Crippen molar-refractivity contribution < 1.29 is 18.4 Å². The van der Waals surface area contributed by atoms with Gasteiger partial charge in [-0.15, -0.1) is 0 Å². The third-order valence-corrected chi connectivity index (χ3v) is 4.70. The molecule has 1 aromatic carbocycles. The molecule has 1 saturated heterocycles. The minimum absolute atomic E-state index is 0.0513. The molecule has 0 atom stereocenters. The largest absolute Gasteiger partial charge is 0.459 e. The topological polar surface area (TPSA) is 91.8 Å². The van der Waals surface area contributed by atoms with Crippen LogP contribution in [0.5, 0.6) is 0 Å². The predicted octanol–water partition coefficient (Wildman–Crippen LogP) is 3.14. The van der Waals surface area contributed by atoms with E-state index in [4.69, 9.17) is 20.4 Å². The van der Waals surface area contributed by atoms with Crippen molar-refractivity contribution in [2.75, 3.05) is 36.4 Å². The number of nitrogens with one attached hydrogen (secondary N) is 1. The first kappa shape index (κ1) is 18.1. The number of benzene rings is 1. The van der Waals surface area contributed by atoms with Gasteiger partial charge in [0.25, 0.3) is 11.8 Å². The van der Waals surface area contributed by atoms with Crippen LogP contribution in [0.3, 0.4) is 0 Å². The molecular weight excluding hydrogens is 384 g/mol. The van der Waals surface area contributed by atoms with Gasteiger partial charge in [-0.1, -0.05) is 11.6 Å². The molecule has 2 aromatic heterocycles. The summed E-state index contributed by atoms with van der Waals surface area (Å²) in [6.07, 6.45) is 2.63. The lowest BCUT2D eigenvalue weighted by atomic mass is 10.2. The average Bonchev–Trinajstić information content (AvgIpc) is 3.40. The number of piperazine rings is 1. The molecule has 0 spiro atoms. The van der Waals surface area contributed by atoms with E-state index >= 15 is 0 Å². The molecule has 0 bridgehead atoms. The number of amides is 2. The second-order valence-electron chi connectivity index (χ2n) is 6.22. The third-order valence-electron chi connectivity index (χ3n) is 4.45. The minimum atomic E-state index is -0.498. The first-order valence-corrected chi connectivity index (χ1v) is 9.08. The van der Waals surface area contributed by atoms with Crippen LogP contribution in [0, 0.1) is 0 Å². The van der Waals surface area contributed by atoms with E-state index < -0.39 is 5.91 Å². The van der Waals surface area contributed by atoms with Crippen molar-refractivity contribution in [2.45, 2.75) is 0 Å². The first-order valence-electron chi connectivity index (χ1n) is 8.70. The number of hydrogen-bond acceptors (Lipinski definition) is 6. The molecule has 3 aromatic rings. The Labute approximate surface area is 165 Å². The van der Waals surface area contributed by atoms with Crippen molar-refractivity contribution in [3.63, 3.8) is 0 Å². The fourth-order valence-electron chi connectivity index (χ4n) is 2.98. The smallest absolute Gasteiger partial charge is 0.302 e. The van der Waals surface area contributed by atoms with Crippen LogP contribution in [0.15, 0.2) is 57.8 Å². The number of carbonyl (C=O) groups excluding carboxylic acids is 2. The van der Waals surface area contributed by atoms with Crippen molar-refractivity contribution in [1.29, 1.82) is 0 Å². The summed E-state index contributed by atoms with van der Waals surface area (Å²) in [5.74, 6) is -0.607. The summed E-state index contributed by atoms with van der Waals surface area (Å²) in [5.41, 5.74) is 1.22. The van der Waals surface area contributed by atoms with Gasteiger partial charge in [-0.05, 0) is 36.4 Å². The number of carbonyl (C=O) groups is 2. The molecule has 144 valence electrons. The van der Waals surface area contributed by atoms with E-state index in [9.17, 15) is 9.59 Å². The Balaban J connectivity index is 1.35. The lowest BCUT2D eigenvalue weighted by molar-refractivity contribution is 0.0740. The van der Waals surface area contributed by atoms with Crippen LogP contribution >= 0.6 is 11.6 Å². The number of anilines is 2.